The number of rotatable bonds is 2. The lowest BCUT2D eigenvalue weighted by molar-refractivity contribution is -0.114. The van der Waals surface area contributed by atoms with Crippen LogP contribution in [0.2, 0.25) is 0 Å². The molecule has 0 aromatic carbocycles. The van der Waals surface area contributed by atoms with Crippen LogP contribution in [0.5, 0.6) is 0 Å². The summed E-state index contributed by atoms with van der Waals surface area (Å²) in [6, 6.07) is 0.364. The highest BCUT2D eigenvalue weighted by atomic mass is 32.2. The number of carbonyl (C=O) groups is 1. The Morgan fingerprint density at radius 3 is 2.75 bits per heavy atom. The fourth-order valence-corrected chi connectivity index (χ4v) is 2.90. The van der Waals surface area contributed by atoms with Crippen LogP contribution in [0.1, 0.15) is 12.8 Å². The van der Waals surface area contributed by atoms with Gasteiger partial charge in [-0.25, -0.2) is 0 Å². The summed E-state index contributed by atoms with van der Waals surface area (Å²) in [5.74, 6) is 0.335. The Morgan fingerprint density at radius 1 is 1.67 bits per heavy atom. The number of carbonyl (C=O) groups excluding carboxylic acids is 1. The summed E-state index contributed by atoms with van der Waals surface area (Å²) in [5.41, 5.74) is 11.6. The van der Waals surface area contributed by atoms with Gasteiger partial charge in [-0.05, 0) is 24.2 Å². The van der Waals surface area contributed by atoms with Crippen molar-refractivity contribution in [3.8, 4) is 0 Å². The van der Waals surface area contributed by atoms with Crippen molar-refractivity contribution >= 4 is 17.7 Å². The van der Waals surface area contributed by atoms with Gasteiger partial charge in [0.15, 0.2) is 0 Å². The van der Waals surface area contributed by atoms with Gasteiger partial charge in [-0.1, -0.05) is 0 Å². The number of hydrogen-bond donors (Lipinski definition) is 2. The van der Waals surface area contributed by atoms with Gasteiger partial charge in [0.05, 0.1) is 0 Å². The normalized spacial score (nSPS) is 39.4. The summed E-state index contributed by atoms with van der Waals surface area (Å²) in [6.07, 6.45) is 1.93. The number of primary amides is 1. The van der Waals surface area contributed by atoms with E-state index < -0.39 is 0 Å². The molecule has 3 nitrogen and oxygen atoms in total. The second-order valence-corrected chi connectivity index (χ2v) is 4.56. The van der Waals surface area contributed by atoms with Gasteiger partial charge in [0.25, 0.3) is 0 Å². The van der Waals surface area contributed by atoms with Gasteiger partial charge in [0.1, 0.15) is 0 Å². The standard InChI is InChI=1S/C8H12N2OS/c9-6-2-5(6)7-1-4(3-12-7)8(10)11/h3,5-7H,1-2,9H2,(H2,10,11). The summed E-state index contributed by atoms with van der Waals surface area (Å²) in [4.78, 5) is 10.8. The first-order valence-corrected chi connectivity index (χ1v) is 5.02. The van der Waals surface area contributed by atoms with Gasteiger partial charge < -0.3 is 11.5 Å². The van der Waals surface area contributed by atoms with Crippen molar-refractivity contribution in [1.82, 2.24) is 0 Å². The van der Waals surface area contributed by atoms with Crippen LogP contribution in [0.3, 0.4) is 0 Å². The molecule has 0 aromatic rings. The summed E-state index contributed by atoms with van der Waals surface area (Å²) in [5, 5.41) is 2.40. The third kappa shape index (κ3) is 1.36. The van der Waals surface area contributed by atoms with Gasteiger partial charge in [0, 0.05) is 16.9 Å². The number of thioether (sulfide) groups is 1. The molecule has 1 aliphatic heterocycles. The molecule has 1 saturated carbocycles. The molecule has 3 atom stereocenters. The van der Waals surface area contributed by atoms with Crippen molar-refractivity contribution in [2.75, 3.05) is 0 Å². The molecule has 0 bridgehead atoms. The topological polar surface area (TPSA) is 69.1 Å². The van der Waals surface area contributed by atoms with E-state index in [1.54, 1.807) is 11.8 Å². The molecule has 0 spiro atoms. The highest BCUT2D eigenvalue weighted by molar-refractivity contribution is 8.03. The molecule has 1 amide bonds. The van der Waals surface area contributed by atoms with Crippen LogP contribution in [-0.4, -0.2) is 17.2 Å². The van der Waals surface area contributed by atoms with E-state index in [0.717, 1.165) is 18.4 Å². The second-order valence-electron chi connectivity index (χ2n) is 3.45. The van der Waals surface area contributed by atoms with Crippen molar-refractivity contribution in [3.63, 3.8) is 0 Å². The van der Waals surface area contributed by atoms with Crippen LogP contribution >= 0.6 is 11.8 Å². The molecule has 2 rings (SSSR count). The van der Waals surface area contributed by atoms with Gasteiger partial charge >= 0.3 is 0 Å². The lowest BCUT2D eigenvalue weighted by Gasteiger charge is -2.05. The predicted molar refractivity (Wildman–Crippen MR) is 49.4 cm³/mol. The van der Waals surface area contributed by atoms with E-state index in [0.29, 0.717) is 17.2 Å². The van der Waals surface area contributed by atoms with Crippen LogP contribution in [0, 0.1) is 5.92 Å². The van der Waals surface area contributed by atoms with Crippen molar-refractivity contribution in [3.05, 3.63) is 11.0 Å². The van der Waals surface area contributed by atoms with Crippen molar-refractivity contribution in [2.45, 2.75) is 24.1 Å². The molecule has 0 saturated heterocycles. The van der Waals surface area contributed by atoms with Crippen LogP contribution in [0.4, 0.5) is 0 Å². The van der Waals surface area contributed by atoms with Crippen LogP contribution < -0.4 is 11.5 Å². The zero-order chi connectivity index (χ0) is 8.72. The lowest BCUT2D eigenvalue weighted by atomic mass is 10.1. The highest BCUT2D eigenvalue weighted by Gasteiger charge is 2.42. The molecule has 4 heteroatoms. The molecular formula is C8H12N2OS. The Kier molecular flexibility index (Phi) is 1.88. The summed E-state index contributed by atoms with van der Waals surface area (Å²) in [7, 11) is 0. The van der Waals surface area contributed by atoms with Crippen molar-refractivity contribution in [2.24, 2.45) is 17.4 Å². The number of nitrogens with two attached hydrogens (primary N) is 2. The van der Waals surface area contributed by atoms with Crippen LogP contribution in [0.25, 0.3) is 0 Å². The molecule has 3 unspecified atom stereocenters. The van der Waals surface area contributed by atoms with Gasteiger partial charge in [0.2, 0.25) is 5.91 Å². The Hall–Kier alpha value is -0.480. The molecule has 0 aromatic heterocycles. The molecule has 1 fully saturated rings. The first-order valence-electron chi connectivity index (χ1n) is 4.08. The third-order valence-corrected chi connectivity index (χ3v) is 3.78. The smallest absolute Gasteiger partial charge is 0.245 e. The van der Waals surface area contributed by atoms with E-state index in [2.05, 4.69) is 0 Å². The minimum atomic E-state index is -0.278. The minimum absolute atomic E-state index is 0.278. The Labute approximate surface area is 75.6 Å². The summed E-state index contributed by atoms with van der Waals surface area (Å²) >= 11 is 1.71. The zero-order valence-corrected chi connectivity index (χ0v) is 7.51. The van der Waals surface area contributed by atoms with Gasteiger partial charge in [-0.3, -0.25) is 4.79 Å². The quantitative estimate of drug-likeness (QED) is 0.644. The predicted octanol–water partition coefficient (Wildman–Crippen LogP) is 0.208. The first kappa shape index (κ1) is 8.13. The summed E-state index contributed by atoms with van der Waals surface area (Å²) in [6.45, 7) is 0. The molecular weight excluding hydrogens is 172 g/mol. The minimum Gasteiger partial charge on any atom is -0.366 e. The molecule has 2 aliphatic rings. The van der Waals surface area contributed by atoms with E-state index in [9.17, 15) is 4.79 Å². The zero-order valence-electron chi connectivity index (χ0n) is 6.69. The molecule has 0 radical (unpaired) electrons. The first-order chi connectivity index (χ1) is 5.68. The third-order valence-electron chi connectivity index (χ3n) is 2.49. The maximum atomic E-state index is 10.8. The van der Waals surface area contributed by atoms with E-state index in [4.69, 9.17) is 11.5 Å². The fraction of sp³-hybridized carbons (Fsp3) is 0.625. The van der Waals surface area contributed by atoms with Gasteiger partial charge in [-0.15, -0.1) is 11.8 Å². The monoisotopic (exact) mass is 184 g/mol. The fourth-order valence-electron chi connectivity index (χ4n) is 1.56. The van der Waals surface area contributed by atoms with E-state index in [-0.39, 0.29) is 5.91 Å². The van der Waals surface area contributed by atoms with Crippen LogP contribution in [0.15, 0.2) is 11.0 Å². The van der Waals surface area contributed by atoms with Crippen LogP contribution in [-0.2, 0) is 4.79 Å². The largest absolute Gasteiger partial charge is 0.366 e. The summed E-state index contributed by atoms with van der Waals surface area (Å²) < 4.78 is 0. The molecule has 1 heterocycles. The maximum Gasteiger partial charge on any atom is 0.245 e. The van der Waals surface area contributed by atoms with E-state index in [1.807, 2.05) is 5.41 Å². The molecule has 12 heavy (non-hydrogen) atoms. The molecule has 1 aliphatic carbocycles. The number of hydrogen-bond acceptors (Lipinski definition) is 3. The molecule has 4 N–H and O–H groups in total. The SMILES string of the molecule is NC(=O)C1=CSC(C2CC2N)C1. The van der Waals surface area contributed by atoms with Crippen molar-refractivity contribution in [1.29, 1.82) is 0 Å². The van der Waals surface area contributed by atoms with Crippen molar-refractivity contribution < 1.29 is 4.79 Å². The highest BCUT2D eigenvalue weighted by Crippen LogP contribution is 2.45. The van der Waals surface area contributed by atoms with E-state index >= 15 is 0 Å². The average Bonchev–Trinajstić information content (AvgIpc) is 2.59. The Balaban J connectivity index is 1.91. The number of amides is 1. The maximum absolute atomic E-state index is 10.8. The second kappa shape index (κ2) is 2.78. The Morgan fingerprint density at radius 2 is 2.33 bits per heavy atom. The average molecular weight is 184 g/mol. The van der Waals surface area contributed by atoms with E-state index in [1.165, 1.54) is 0 Å². The molecule has 66 valence electrons. The lowest BCUT2D eigenvalue weighted by Crippen LogP contribution is -2.16. The van der Waals surface area contributed by atoms with Gasteiger partial charge in [-0.2, -0.15) is 0 Å². The Bertz CT molecular complexity index is 251.